The van der Waals surface area contributed by atoms with Gasteiger partial charge in [-0.05, 0) is 45.8 Å². The summed E-state index contributed by atoms with van der Waals surface area (Å²) >= 11 is 0. The first-order valence-electron chi connectivity index (χ1n) is 7.43. The lowest BCUT2D eigenvalue weighted by Gasteiger charge is -2.32. The van der Waals surface area contributed by atoms with Crippen molar-refractivity contribution in [3.05, 3.63) is 0 Å². The summed E-state index contributed by atoms with van der Waals surface area (Å²) in [7, 11) is -3.21. The van der Waals surface area contributed by atoms with Crippen molar-refractivity contribution in [2.45, 2.75) is 51.3 Å². The molecule has 0 aliphatic carbocycles. The quantitative estimate of drug-likeness (QED) is 0.649. The van der Waals surface area contributed by atoms with E-state index in [9.17, 15) is 8.42 Å². The van der Waals surface area contributed by atoms with Crippen LogP contribution in [0.4, 0.5) is 0 Å². The maximum atomic E-state index is 12.2. The molecule has 19 heavy (non-hydrogen) atoms. The second-order valence-electron chi connectivity index (χ2n) is 5.41. The zero-order valence-electron chi connectivity index (χ0n) is 12.5. The normalized spacial score (nSPS) is 23.4. The van der Waals surface area contributed by atoms with Crippen LogP contribution in [0.1, 0.15) is 40.0 Å². The van der Waals surface area contributed by atoms with Crippen molar-refractivity contribution >= 4 is 10.0 Å². The van der Waals surface area contributed by atoms with Crippen LogP contribution in [0.15, 0.2) is 0 Å². The zero-order valence-corrected chi connectivity index (χ0v) is 13.3. The molecule has 1 heterocycles. The van der Waals surface area contributed by atoms with Gasteiger partial charge in [-0.15, -0.1) is 0 Å². The highest BCUT2D eigenvalue weighted by atomic mass is 32.2. The predicted molar refractivity (Wildman–Crippen MR) is 79.8 cm³/mol. The maximum absolute atomic E-state index is 12.2. The number of hydrogen-bond donors (Lipinski definition) is 2. The molecule has 0 spiro atoms. The van der Waals surface area contributed by atoms with Crippen LogP contribution in [-0.2, 0) is 10.0 Å². The van der Waals surface area contributed by atoms with Gasteiger partial charge >= 0.3 is 0 Å². The Labute approximate surface area is 118 Å². The van der Waals surface area contributed by atoms with E-state index < -0.39 is 10.0 Å². The molecule has 0 saturated carbocycles. The summed E-state index contributed by atoms with van der Waals surface area (Å²) in [5.74, 6) is 0. The number of hydrogen-bond acceptors (Lipinski definition) is 4. The Kier molecular flexibility index (Phi) is 7.28. The largest absolute Gasteiger partial charge is 0.315 e. The number of nitrogens with zero attached hydrogens (tertiary/aromatic N) is 1. The van der Waals surface area contributed by atoms with Gasteiger partial charge in [0.2, 0.25) is 10.0 Å². The van der Waals surface area contributed by atoms with Crippen LogP contribution in [0.3, 0.4) is 0 Å². The first-order valence-corrected chi connectivity index (χ1v) is 8.98. The smallest absolute Gasteiger partial charge is 0.215 e. The standard InChI is InChI=1S/C13H29N3O2S/c1-4-8-14-10-12(3)19(17,18)15-13-7-6-9-16(5-2)11-13/h12-15H,4-11H2,1-3H3. The number of nitrogens with one attached hydrogen (secondary N) is 2. The van der Waals surface area contributed by atoms with Crippen LogP contribution in [-0.4, -0.2) is 57.3 Å². The van der Waals surface area contributed by atoms with Crippen molar-refractivity contribution in [2.24, 2.45) is 0 Å². The van der Waals surface area contributed by atoms with E-state index in [0.717, 1.165) is 45.4 Å². The van der Waals surface area contributed by atoms with Crippen LogP contribution in [0, 0.1) is 0 Å². The molecule has 0 aromatic heterocycles. The van der Waals surface area contributed by atoms with Gasteiger partial charge in [0.15, 0.2) is 0 Å². The third kappa shape index (κ3) is 5.77. The van der Waals surface area contributed by atoms with E-state index in [1.807, 2.05) is 0 Å². The van der Waals surface area contributed by atoms with E-state index >= 15 is 0 Å². The Balaban J connectivity index is 2.44. The molecular formula is C13H29N3O2S. The van der Waals surface area contributed by atoms with Gasteiger partial charge in [0, 0.05) is 19.1 Å². The molecule has 2 N–H and O–H groups in total. The first-order chi connectivity index (χ1) is 8.99. The van der Waals surface area contributed by atoms with Gasteiger partial charge in [-0.25, -0.2) is 13.1 Å². The van der Waals surface area contributed by atoms with Crippen molar-refractivity contribution in [3.63, 3.8) is 0 Å². The van der Waals surface area contributed by atoms with E-state index in [0.29, 0.717) is 6.54 Å². The minimum absolute atomic E-state index is 0.0762. The third-order valence-corrected chi connectivity index (χ3v) is 5.56. The number of rotatable bonds is 8. The van der Waals surface area contributed by atoms with Gasteiger partial charge in [-0.3, -0.25) is 0 Å². The zero-order chi connectivity index (χ0) is 14.3. The SMILES string of the molecule is CCCNCC(C)S(=O)(=O)NC1CCCN(CC)C1. The van der Waals surface area contributed by atoms with Gasteiger partial charge in [-0.2, -0.15) is 0 Å². The Morgan fingerprint density at radius 3 is 2.74 bits per heavy atom. The monoisotopic (exact) mass is 291 g/mol. The minimum atomic E-state index is -3.21. The van der Waals surface area contributed by atoms with Crippen molar-refractivity contribution in [3.8, 4) is 0 Å². The molecule has 2 atom stereocenters. The van der Waals surface area contributed by atoms with Gasteiger partial charge in [0.1, 0.15) is 0 Å². The first kappa shape index (κ1) is 16.9. The van der Waals surface area contributed by atoms with E-state index in [1.54, 1.807) is 6.92 Å². The lowest BCUT2D eigenvalue weighted by molar-refractivity contribution is 0.211. The summed E-state index contributed by atoms with van der Waals surface area (Å²) < 4.78 is 27.3. The molecule has 1 aliphatic heterocycles. The fraction of sp³-hybridized carbons (Fsp3) is 1.00. The molecule has 6 heteroatoms. The molecule has 1 saturated heterocycles. The molecule has 0 aromatic carbocycles. The number of sulfonamides is 1. The van der Waals surface area contributed by atoms with Crippen LogP contribution in [0.5, 0.6) is 0 Å². The summed E-state index contributed by atoms with van der Waals surface area (Å²) in [6.45, 7) is 10.3. The van der Waals surface area contributed by atoms with E-state index in [1.165, 1.54) is 0 Å². The maximum Gasteiger partial charge on any atom is 0.215 e. The minimum Gasteiger partial charge on any atom is -0.315 e. The van der Waals surface area contributed by atoms with Crippen LogP contribution in [0.2, 0.25) is 0 Å². The molecule has 0 radical (unpaired) electrons. The highest BCUT2D eigenvalue weighted by Crippen LogP contribution is 2.11. The molecule has 5 nitrogen and oxygen atoms in total. The summed E-state index contributed by atoms with van der Waals surface area (Å²) in [6, 6.07) is 0.0762. The lowest BCUT2D eigenvalue weighted by Crippen LogP contribution is -2.50. The molecule has 1 rings (SSSR count). The van der Waals surface area contributed by atoms with Crippen molar-refractivity contribution in [1.29, 1.82) is 0 Å². The molecular weight excluding hydrogens is 262 g/mol. The number of likely N-dealkylation sites (tertiary alicyclic amines) is 1. The number of likely N-dealkylation sites (N-methyl/N-ethyl adjacent to an activating group) is 1. The van der Waals surface area contributed by atoms with Gasteiger partial charge in [0.25, 0.3) is 0 Å². The summed E-state index contributed by atoms with van der Waals surface area (Å²) in [5.41, 5.74) is 0. The average molecular weight is 291 g/mol. The fourth-order valence-corrected chi connectivity index (χ4v) is 3.61. The molecule has 1 fully saturated rings. The Bertz CT molecular complexity index is 346. The number of piperidine rings is 1. The van der Waals surface area contributed by atoms with Crippen molar-refractivity contribution < 1.29 is 8.42 Å². The predicted octanol–water partition coefficient (Wildman–Crippen LogP) is 0.778. The van der Waals surface area contributed by atoms with Crippen LogP contribution < -0.4 is 10.0 Å². The summed E-state index contributed by atoms with van der Waals surface area (Å²) in [4.78, 5) is 2.30. The van der Waals surface area contributed by atoms with E-state index in [-0.39, 0.29) is 11.3 Å². The van der Waals surface area contributed by atoms with E-state index in [4.69, 9.17) is 0 Å². The summed E-state index contributed by atoms with van der Waals surface area (Å²) in [6.07, 6.45) is 3.04. The summed E-state index contributed by atoms with van der Waals surface area (Å²) in [5, 5.41) is 2.79. The molecule has 0 aromatic rings. The molecule has 0 amide bonds. The van der Waals surface area contributed by atoms with Gasteiger partial charge in [0.05, 0.1) is 5.25 Å². The molecule has 1 aliphatic rings. The second-order valence-corrected chi connectivity index (χ2v) is 7.54. The lowest BCUT2D eigenvalue weighted by atomic mass is 10.1. The fourth-order valence-electron chi connectivity index (χ4n) is 2.38. The average Bonchev–Trinajstić information content (AvgIpc) is 2.38. The van der Waals surface area contributed by atoms with Crippen LogP contribution >= 0.6 is 0 Å². The highest BCUT2D eigenvalue weighted by molar-refractivity contribution is 7.90. The Morgan fingerprint density at radius 1 is 1.37 bits per heavy atom. The third-order valence-electron chi connectivity index (χ3n) is 3.67. The Hall–Kier alpha value is -0.170. The highest BCUT2D eigenvalue weighted by Gasteiger charge is 2.27. The topological polar surface area (TPSA) is 61.4 Å². The van der Waals surface area contributed by atoms with Crippen LogP contribution in [0.25, 0.3) is 0 Å². The Morgan fingerprint density at radius 2 is 2.11 bits per heavy atom. The van der Waals surface area contributed by atoms with Crippen molar-refractivity contribution in [2.75, 3.05) is 32.7 Å². The molecule has 114 valence electrons. The van der Waals surface area contributed by atoms with Crippen molar-refractivity contribution in [1.82, 2.24) is 14.9 Å². The molecule has 2 unspecified atom stereocenters. The van der Waals surface area contributed by atoms with Gasteiger partial charge < -0.3 is 10.2 Å². The second kappa shape index (κ2) is 8.19. The van der Waals surface area contributed by atoms with E-state index in [2.05, 4.69) is 28.8 Å². The van der Waals surface area contributed by atoms with Gasteiger partial charge in [-0.1, -0.05) is 13.8 Å². The molecule has 0 bridgehead atoms.